The molecule has 1 aliphatic heterocycles. The highest BCUT2D eigenvalue weighted by Gasteiger charge is 2.24. The second-order valence-corrected chi connectivity index (χ2v) is 5.12. The van der Waals surface area contributed by atoms with Crippen molar-refractivity contribution in [2.24, 2.45) is 5.92 Å². The van der Waals surface area contributed by atoms with Crippen LogP contribution in [0, 0.1) is 5.92 Å². The third-order valence-electron chi connectivity index (χ3n) is 3.18. The largest absolute Gasteiger partial charge is 0.480 e. The summed E-state index contributed by atoms with van der Waals surface area (Å²) in [5.41, 5.74) is 0. The van der Waals surface area contributed by atoms with Crippen LogP contribution in [0.4, 0.5) is 0 Å². The smallest absolute Gasteiger partial charge is 0.326 e. The maximum absolute atomic E-state index is 11.8. The number of carbonyl (C=O) groups is 3. The molecule has 0 aromatic heterocycles. The lowest BCUT2D eigenvalue weighted by molar-refractivity contribution is -0.143. The lowest BCUT2D eigenvalue weighted by Crippen LogP contribution is -2.45. The van der Waals surface area contributed by atoms with Crippen molar-refractivity contribution in [1.82, 2.24) is 10.2 Å². The van der Waals surface area contributed by atoms with Crippen molar-refractivity contribution in [3.05, 3.63) is 0 Å². The van der Waals surface area contributed by atoms with E-state index in [-0.39, 0.29) is 24.7 Å². The number of carboxylic acid groups (broad SMARTS) is 1. The van der Waals surface area contributed by atoms with Crippen LogP contribution in [-0.4, -0.2) is 60.1 Å². The summed E-state index contributed by atoms with van der Waals surface area (Å²) >= 11 is 0. The second-order valence-electron chi connectivity index (χ2n) is 5.12. The quantitative estimate of drug-likeness (QED) is 0.708. The van der Waals surface area contributed by atoms with E-state index in [4.69, 9.17) is 9.84 Å². The van der Waals surface area contributed by atoms with Gasteiger partial charge in [-0.25, -0.2) is 4.79 Å². The average molecular weight is 286 g/mol. The summed E-state index contributed by atoms with van der Waals surface area (Å²) in [5.74, 6) is -1.77. The molecule has 0 saturated carbocycles. The van der Waals surface area contributed by atoms with E-state index >= 15 is 0 Å². The number of carboxylic acids is 1. The zero-order valence-electron chi connectivity index (χ0n) is 11.9. The molecule has 2 N–H and O–H groups in total. The van der Waals surface area contributed by atoms with Crippen LogP contribution < -0.4 is 5.32 Å². The third-order valence-corrected chi connectivity index (χ3v) is 3.18. The molecule has 0 aromatic rings. The van der Waals surface area contributed by atoms with Gasteiger partial charge in [-0.3, -0.25) is 9.59 Å². The molecule has 0 aliphatic carbocycles. The summed E-state index contributed by atoms with van der Waals surface area (Å²) in [6.45, 7) is 5.57. The van der Waals surface area contributed by atoms with Gasteiger partial charge in [0.15, 0.2) is 0 Å². The molecule has 1 aliphatic rings. The van der Waals surface area contributed by atoms with E-state index in [9.17, 15) is 14.4 Å². The molecule has 1 atom stereocenters. The fourth-order valence-corrected chi connectivity index (χ4v) is 1.95. The summed E-state index contributed by atoms with van der Waals surface area (Å²) in [4.78, 5) is 36.1. The maximum atomic E-state index is 11.8. The third kappa shape index (κ3) is 5.16. The van der Waals surface area contributed by atoms with Crippen molar-refractivity contribution < 1.29 is 24.2 Å². The first-order valence-corrected chi connectivity index (χ1v) is 6.79. The summed E-state index contributed by atoms with van der Waals surface area (Å²) < 4.78 is 5.14. The number of carbonyl (C=O) groups excluding carboxylic acids is 2. The van der Waals surface area contributed by atoms with Crippen LogP contribution in [0.1, 0.15) is 26.7 Å². The Bertz CT molecular complexity index is 364. The first-order valence-electron chi connectivity index (χ1n) is 6.79. The fourth-order valence-electron chi connectivity index (χ4n) is 1.95. The number of hydrogen-bond acceptors (Lipinski definition) is 4. The minimum Gasteiger partial charge on any atom is -0.480 e. The van der Waals surface area contributed by atoms with Gasteiger partial charge in [0.25, 0.3) is 0 Å². The molecule has 7 nitrogen and oxygen atoms in total. The number of morpholine rings is 1. The zero-order valence-corrected chi connectivity index (χ0v) is 11.9. The average Bonchev–Trinajstić information content (AvgIpc) is 2.42. The maximum Gasteiger partial charge on any atom is 0.326 e. The molecule has 0 unspecified atom stereocenters. The molecule has 0 radical (unpaired) electrons. The van der Waals surface area contributed by atoms with E-state index < -0.39 is 17.9 Å². The van der Waals surface area contributed by atoms with Crippen molar-refractivity contribution in [2.45, 2.75) is 32.7 Å². The van der Waals surface area contributed by atoms with Gasteiger partial charge in [-0.15, -0.1) is 0 Å². The number of ether oxygens (including phenoxy) is 1. The van der Waals surface area contributed by atoms with Crippen molar-refractivity contribution in [3.63, 3.8) is 0 Å². The molecule has 1 fully saturated rings. The van der Waals surface area contributed by atoms with Gasteiger partial charge in [-0.2, -0.15) is 0 Å². The summed E-state index contributed by atoms with van der Waals surface area (Å²) in [7, 11) is 0. The summed E-state index contributed by atoms with van der Waals surface area (Å²) in [5, 5.41) is 11.4. The SMILES string of the molecule is CC(C)[C@@H](NC(=O)CCC(=O)N1CCOCC1)C(=O)O. The molecule has 0 spiro atoms. The highest BCUT2D eigenvalue weighted by Crippen LogP contribution is 2.05. The molecule has 114 valence electrons. The molecule has 20 heavy (non-hydrogen) atoms. The predicted octanol–water partition coefficient (Wildman–Crippen LogP) is -0.149. The van der Waals surface area contributed by atoms with Crippen LogP contribution in [0.25, 0.3) is 0 Å². The Labute approximate surface area is 118 Å². The van der Waals surface area contributed by atoms with Crippen molar-refractivity contribution in [1.29, 1.82) is 0 Å². The van der Waals surface area contributed by atoms with Crippen LogP contribution in [0.5, 0.6) is 0 Å². The fraction of sp³-hybridized carbons (Fsp3) is 0.769. The van der Waals surface area contributed by atoms with E-state index in [0.29, 0.717) is 26.3 Å². The van der Waals surface area contributed by atoms with Gasteiger partial charge in [-0.05, 0) is 5.92 Å². The van der Waals surface area contributed by atoms with Gasteiger partial charge in [-0.1, -0.05) is 13.8 Å². The standard InChI is InChI=1S/C13H22N2O5/c1-9(2)12(13(18)19)14-10(16)3-4-11(17)15-5-7-20-8-6-15/h9,12H,3-8H2,1-2H3,(H,14,16)(H,18,19)/t12-/m1/s1. The van der Waals surface area contributed by atoms with Crippen LogP contribution in [0.15, 0.2) is 0 Å². The first kappa shape index (κ1) is 16.4. The van der Waals surface area contributed by atoms with E-state index in [0.717, 1.165) is 0 Å². The predicted molar refractivity (Wildman–Crippen MR) is 71.0 cm³/mol. The Balaban J connectivity index is 2.34. The molecule has 7 heteroatoms. The molecule has 0 bridgehead atoms. The van der Waals surface area contributed by atoms with Crippen LogP contribution in [0.3, 0.4) is 0 Å². The van der Waals surface area contributed by atoms with E-state index in [1.165, 1.54) is 0 Å². The van der Waals surface area contributed by atoms with Gasteiger partial charge in [0, 0.05) is 25.9 Å². The monoisotopic (exact) mass is 286 g/mol. The highest BCUT2D eigenvalue weighted by molar-refractivity contribution is 5.87. The van der Waals surface area contributed by atoms with E-state index in [1.807, 2.05) is 0 Å². The molecular weight excluding hydrogens is 264 g/mol. The summed E-state index contributed by atoms with van der Waals surface area (Å²) in [6.07, 6.45) is 0.100. The van der Waals surface area contributed by atoms with Gasteiger partial charge in [0.05, 0.1) is 13.2 Å². The van der Waals surface area contributed by atoms with Gasteiger partial charge < -0.3 is 20.1 Å². The topological polar surface area (TPSA) is 95.9 Å². The molecular formula is C13H22N2O5. The minimum atomic E-state index is -1.06. The lowest BCUT2D eigenvalue weighted by atomic mass is 10.0. The van der Waals surface area contributed by atoms with Crippen molar-refractivity contribution >= 4 is 17.8 Å². The van der Waals surface area contributed by atoms with Gasteiger partial charge in [0.2, 0.25) is 11.8 Å². The number of nitrogens with zero attached hydrogens (tertiary/aromatic N) is 1. The van der Waals surface area contributed by atoms with Crippen LogP contribution >= 0.6 is 0 Å². The zero-order chi connectivity index (χ0) is 15.1. The van der Waals surface area contributed by atoms with Crippen molar-refractivity contribution in [2.75, 3.05) is 26.3 Å². The Morgan fingerprint density at radius 1 is 1.20 bits per heavy atom. The molecule has 2 amide bonds. The normalized spacial score (nSPS) is 16.9. The minimum absolute atomic E-state index is 0.00664. The highest BCUT2D eigenvalue weighted by atomic mass is 16.5. The number of aliphatic carboxylic acids is 1. The van der Waals surface area contributed by atoms with Crippen molar-refractivity contribution in [3.8, 4) is 0 Å². The van der Waals surface area contributed by atoms with Crippen LogP contribution in [-0.2, 0) is 19.1 Å². The Morgan fingerprint density at radius 2 is 1.80 bits per heavy atom. The van der Waals surface area contributed by atoms with Gasteiger partial charge in [0.1, 0.15) is 6.04 Å². The van der Waals surface area contributed by atoms with Crippen LogP contribution in [0.2, 0.25) is 0 Å². The van der Waals surface area contributed by atoms with E-state index in [1.54, 1.807) is 18.7 Å². The molecule has 1 heterocycles. The molecule has 1 saturated heterocycles. The number of hydrogen-bond donors (Lipinski definition) is 2. The number of amides is 2. The molecule has 1 rings (SSSR count). The Hall–Kier alpha value is -1.63. The number of rotatable bonds is 6. The Morgan fingerprint density at radius 3 is 2.30 bits per heavy atom. The summed E-state index contributed by atoms with van der Waals surface area (Å²) in [6, 6.07) is -0.916. The second kappa shape index (κ2) is 7.84. The first-order chi connectivity index (χ1) is 9.41. The van der Waals surface area contributed by atoms with Gasteiger partial charge >= 0.3 is 5.97 Å². The number of nitrogens with one attached hydrogen (secondary N) is 1. The molecule has 0 aromatic carbocycles. The Kier molecular flexibility index (Phi) is 6.44. The van der Waals surface area contributed by atoms with E-state index in [2.05, 4.69) is 5.32 Å². The lowest BCUT2D eigenvalue weighted by Gasteiger charge is -2.26.